The third kappa shape index (κ3) is 3.95. The maximum absolute atomic E-state index is 11.9. The van der Waals surface area contributed by atoms with E-state index in [1.165, 1.54) is 0 Å². The number of hydrogen-bond acceptors (Lipinski definition) is 5. The molecule has 0 atom stereocenters. The van der Waals surface area contributed by atoms with E-state index in [-0.39, 0.29) is 5.97 Å². The summed E-state index contributed by atoms with van der Waals surface area (Å²) in [5.74, 6) is -0.367. The Morgan fingerprint density at radius 2 is 2.19 bits per heavy atom. The average molecular weight is 285 g/mol. The van der Waals surface area contributed by atoms with E-state index in [4.69, 9.17) is 10.5 Å². The van der Waals surface area contributed by atoms with Gasteiger partial charge in [0.15, 0.2) is 0 Å². The second kappa shape index (κ2) is 7.28. The van der Waals surface area contributed by atoms with E-state index in [1.54, 1.807) is 31.3 Å². The number of hydrogen-bond donors (Lipinski definition) is 2. The van der Waals surface area contributed by atoms with Gasteiger partial charge in [-0.1, -0.05) is 12.1 Å². The van der Waals surface area contributed by atoms with E-state index >= 15 is 0 Å². The molecule has 0 aliphatic heterocycles. The van der Waals surface area contributed by atoms with E-state index < -0.39 is 0 Å². The van der Waals surface area contributed by atoms with Gasteiger partial charge in [0, 0.05) is 18.9 Å². The zero-order chi connectivity index (χ0) is 15.1. The highest BCUT2D eigenvalue weighted by atomic mass is 16.5. The topological polar surface area (TPSA) is 77.2 Å². The van der Waals surface area contributed by atoms with Gasteiger partial charge in [-0.2, -0.15) is 0 Å². The van der Waals surface area contributed by atoms with Crippen LogP contribution in [0, 0.1) is 0 Å². The summed E-state index contributed by atoms with van der Waals surface area (Å²) in [6.45, 7) is 2.77. The highest BCUT2D eigenvalue weighted by molar-refractivity contribution is 5.98. The summed E-state index contributed by atoms with van der Waals surface area (Å²) in [5.41, 5.74) is 8.69. The van der Waals surface area contributed by atoms with E-state index in [1.807, 2.05) is 18.3 Å². The smallest absolute Gasteiger partial charge is 0.340 e. The Morgan fingerprint density at radius 1 is 1.33 bits per heavy atom. The summed E-state index contributed by atoms with van der Waals surface area (Å²) in [4.78, 5) is 16.0. The van der Waals surface area contributed by atoms with Crippen LogP contribution in [-0.4, -0.2) is 24.1 Å². The van der Waals surface area contributed by atoms with Gasteiger partial charge in [0.25, 0.3) is 0 Å². The van der Waals surface area contributed by atoms with Crippen molar-refractivity contribution in [1.82, 2.24) is 4.98 Å². The van der Waals surface area contributed by atoms with Crippen molar-refractivity contribution in [2.75, 3.05) is 24.2 Å². The van der Waals surface area contributed by atoms with Gasteiger partial charge in [-0.05, 0) is 37.1 Å². The molecule has 0 amide bonds. The lowest BCUT2D eigenvalue weighted by molar-refractivity contribution is 0.0527. The van der Waals surface area contributed by atoms with Gasteiger partial charge in [-0.3, -0.25) is 4.98 Å². The predicted molar refractivity (Wildman–Crippen MR) is 83.2 cm³/mol. The highest BCUT2D eigenvalue weighted by Gasteiger charge is 2.14. The molecule has 110 valence electrons. The number of nitrogen functional groups attached to an aromatic ring is 1. The number of nitrogens with two attached hydrogens (primary N) is 1. The van der Waals surface area contributed by atoms with E-state index in [2.05, 4.69) is 10.3 Å². The minimum Gasteiger partial charge on any atom is -0.462 e. The number of rotatable bonds is 6. The van der Waals surface area contributed by atoms with Crippen LogP contribution < -0.4 is 11.1 Å². The molecule has 1 aromatic carbocycles. The molecule has 2 rings (SSSR count). The van der Waals surface area contributed by atoms with Gasteiger partial charge < -0.3 is 15.8 Å². The first-order valence-corrected chi connectivity index (χ1v) is 6.90. The zero-order valence-corrected chi connectivity index (χ0v) is 12.0. The van der Waals surface area contributed by atoms with Crippen molar-refractivity contribution < 1.29 is 9.53 Å². The Hall–Kier alpha value is -2.56. The number of nitrogens with one attached hydrogen (secondary N) is 1. The summed E-state index contributed by atoms with van der Waals surface area (Å²) in [6.07, 6.45) is 4.36. The molecule has 0 aliphatic rings. The quantitative estimate of drug-likeness (QED) is 0.630. The fourth-order valence-electron chi connectivity index (χ4n) is 2.02. The van der Waals surface area contributed by atoms with E-state index in [9.17, 15) is 4.79 Å². The van der Waals surface area contributed by atoms with Crippen LogP contribution in [0.5, 0.6) is 0 Å². The van der Waals surface area contributed by atoms with Gasteiger partial charge >= 0.3 is 5.97 Å². The summed E-state index contributed by atoms with van der Waals surface area (Å²) in [5, 5.41) is 3.22. The second-order valence-corrected chi connectivity index (χ2v) is 4.53. The van der Waals surface area contributed by atoms with Crippen molar-refractivity contribution in [3.63, 3.8) is 0 Å². The molecule has 5 nitrogen and oxygen atoms in total. The molecule has 0 fully saturated rings. The standard InChI is InChI=1S/C16H19N3O2/c1-2-21-16(20)13-6-3-7-14(17)15(13)19-10-8-12-5-4-9-18-11-12/h3-7,9,11,19H,2,8,10,17H2,1H3. The molecule has 0 unspecified atom stereocenters. The maximum Gasteiger partial charge on any atom is 0.340 e. The Morgan fingerprint density at radius 3 is 2.90 bits per heavy atom. The number of ether oxygens (including phenoxy) is 1. The molecule has 2 aromatic rings. The molecule has 0 radical (unpaired) electrons. The Balaban J connectivity index is 2.06. The normalized spacial score (nSPS) is 10.1. The second-order valence-electron chi connectivity index (χ2n) is 4.53. The summed E-state index contributed by atoms with van der Waals surface area (Å²) in [6, 6.07) is 9.12. The minimum atomic E-state index is -0.367. The van der Waals surface area contributed by atoms with E-state index in [0.29, 0.717) is 30.1 Å². The molecular weight excluding hydrogens is 266 g/mol. The van der Waals surface area contributed by atoms with Crippen LogP contribution in [0.1, 0.15) is 22.8 Å². The average Bonchev–Trinajstić information content (AvgIpc) is 2.50. The molecule has 0 saturated heterocycles. The van der Waals surface area contributed by atoms with Gasteiger partial charge in [-0.15, -0.1) is 0 Å². The number of para-hydroxylation sites is 1. The van der Waals surface area contributed by atoms with E-state index in [0.717, 1.165) is 12.0 Å². The van der Waals surface area contributed by atoms with Crippen molar-refractivity contribution in [2.24, 2.45) is 0 Å². The highest BCUT2D eigenvalue weighted by Crippen LogP contribution is 2.24. The van der Waals surface area contributed by atoms with Gasteiger partial charge in [0.05, 0.1) is 23.5 Å². The Labute approximate surface area is 124 Å². The first kappa shape index (κ1) is 14.8. The third-order valence-electron chi connectivity index (χ3n) is 3.03. The minimum absolute atomic E-state index is 0.336. The number of nitrogens with zero attached hydrogens (tertiary/aromatic N) is 1. The molecule has 0 aliphatic carbocycles. The van der Waals surface area contributed by atoms with Crippen LogP contribution in [0.2, 0.25) is 0 Å². The van der Waals surface area contributed by atoms with Gasteiger partial charge in [-0.25, -0.2) is 4.79 Å². The zero-order valence-electron chi connectivity index (χ0n) is 12.0. The largest absolute Gasteiger partial charge is 0.462 e. The molecule has 0 bridgehead atoms. The molecule has 0 saturated carbocycles. The number of aromatic nitrogens is 1. The number of anilines is 2. The Kier molecular flexibility index (Phi) is 5.15. The number of esters is 1. The lowest BCUT2D eigenvalue weighted by Gasteiger charge is -2.13. The number of carbonyl (C=O) groups excluding carboxylic acids is 1. The first-order valence-electron chi connectivity index (χ1n) is 6.90. The van der Waals surface area contributed by atoms with Crippen LogP contribution in [0.3, 0.4) is 0 Å². The molecule has 1 aromatic heterocycles. The summed E-state index contributed by atoms with van der Waals surface area (Å²) >= 11 is 0. The fourth-order valence-corrected chi connectivity index (χ4v) is 2.02. The predicted octanol–water partition coefficient (Wildman–Crippen LogP) is 2.50. The van der Waals surface area contributed by atoms with Crippen LogP contribution in [-0.2, 0) is 11.2 Å². The number of carbonyl (C=O) groups is 1. The summed E-state index contributed by atoms with van der Waals surface area (Å²) < 4.78 is 5.04. The van der Waals surface area contributed by atoms with Gasteiger partial charge in [0.1, 0.15) is 0 Å². The van der Waals surface area contributed by atoms with Crippen LogP contribution >= 0.6 is 0 Å². The van der Waals surface area contributed by atoms with Crippen LogP contribution in [0.25, 0.3) is 0 Å². The van der Waals surface area contributed by atoms with Crippen molar-refractivity contribution in [1.29, 1.82) is 0 Å². The number of benzene rings is 1. The third-order valence-corrected chi connectivity index (χ3v) is 3.03. The SMILES string of the molecule is CCOC(=O)c1cccc(N)c1NCCc1cccnc1. The maximum atomic E-state index is 11.9. The van der Waals surface area contributed by atoms with Crippen molar-refractivity contribution in [3.05, 3.63) is 53.9 Å². The number of pyridine rings is 1. The van der Waals surface area contributed by atoms with Crippen LogP contribution in [0.15, 0.2) is 42.7 Å². The van der Waals surface area contributed by atoms with Crippen molar-refractivity contribution in [3.8, 4) is 0 Å². The molecule has 0 spiro atoms. The fraction of sp³-hybridized carbons (Fsp3) is 0.250. The molecule has 5 heteroatoms. The lowest BCUT2D eigenvalue weighted by Crippen LogP contribution is -2.13. The lowest BCUT2D eigenvalue weighted by atomic mass is 10.1. The Bertz CT molecular complexity index is 600. The molecular formula is C16H19N3O2. The van der Waals surface area contributed by atoms with Crippen molar-refractivity contribution in [2.45, 2.75) is 13.3 Å². The summed E-state index contributed by atoms with van der Waals surface area (Å²) in [7, 11) is 0. The van der Waals surface area contributed by atoms with Crippen molar-refractivity contribution >= 4 is 17.3 Å². The molecule has 3 N–H and O–H groups in total. The molecule has 21 heavy (non-hydrogen) atoms. The molecule has 1 heterocycles. The van der Waals surface area contributed by atoms with Crippen LogP contribution in [0.4, 0.5) is 11.4 Å². The monoisotopic (exact) mass is 285 g/mol. The van der Waals surface area contributed by atoms with Gasteiger partial charge in [0.2, 0.25) is 0 Å². The first-order chi connectivity index (χ1) is 10.2.